The van der Waals surface area contributed by atoms with Gasteiger partial charge in [-0.3, -0.25) is 0 Å². The number of halogens is 2. The van der Waals surface area contributed by atoms with E-state index in [0.717, 1.165) is 6.20 Å². The largest absolute Gasteiger partial charge is 0.496 e. The van der Waals surface area contributed by atoms with Gasteiger partial charge in [-0.15, -0.1) is 4.53 Å². The lowest BCUT2D eigenvalue weighted by Crippen LogP contribution is -2.17. The first kappa shape index (κ1) is 19.9. The zero-order chi connectivity index (χ0) is 19.3. The average Bonchev–Trinajstić information content (AvgIpc) is 2.65. The van der Waals surface area contributed by atoms with Gasteiger partial charge in [0.2, 0.25) is 0 Å². The molecule has 2 aromatic carbocycles. The van der Waals surface area contributed by atoms with Crippen LogP contribution in [0.25, 0.3) is 6.08 Å². The van der Waals surface area contributed by atoms with Crippen LogP contribution in [0.15, 0.2) is 47.5 Å². The third kappa shape index (κ3) is 4.20. The van der Waals surface area contributed by atoms with E-state index in [1.165, 1.54) is 51.7 Å². The fourth-order valence-electron chi connectivity index (χ4n) is 2.12. The summed E-state index contributed by atoms with van der Waals surface area (Å²) in [5.41, 5.74) is 0.352. The van der Waals surface area contributed by atoms with Gasteiger partial charge in [-0.05, 0) is 30.3 Å². The van der Waals surface area contributed by atoms with Crippen LogP contribution >= 0.6 is 11.6 Å². The summed E-state index contributed by atoms with van der Waals surface area (Å²) < 4.78 is 54.0. The molecule has 0 saturated carbocycles. The smallest absolute Gasteiger partial charge is 0.290 e. The second-order valence-corrected chi connectivity index (χ2v) is 7.17. The molecule has 0 heterocycles. The van der Waals surface area contributed by atoms with Crippen molar-refractivity contribution in [2.24, 2.45) is 0 Å². The Balaban J connectivity index is 2.38. The van der Waals surface area contributed by atoms with E-state index in [2.05, 4.69) is 0 Å². The molecule has 0 aliphatic carbocycles. The predicted octanol–water partition coefficient (Wildman–Crippen LogP) is 3.91. The Morgan fingerprint density at radius 2 is 1.54 bits per heavy atom. The van der Waals surface area contributed by atoms with Crippen LogP contribution in [0.4, 0.5) is 4.48 Å². The van der Waals surface area contributed by atoms with Gasteiger partial charge < -0.3 is 14.2 Å². The molecule has 0 radical (unpaired) electrons. The Labute approximate surface area is 156 Å². The second-order valence-electron chi connectivity index (χ2n) is 4.96. The number of rotatable bonds is 7. The van der Waals surface area contributed by atoms with Gasteiger partial charge in [0.1, 0.15) is 17.2 Å². The molecule has 0 atom stereocenters. The summed E-state index contributed by atoms with van der Waals surface area (Å²) >= 11 is 5.72. The van der Waals surface area contributed by atoms with Crippen molar-refractivity contribution < 1.29 is 27.1 Å². The maximum Gasteiger partial charge on any atom is 0.290 e. The van der Waals surface area contributed by atoms with Crippen LogP contribution < -0.4 is 14.2 Å². The Hall–Kier alpha value is -2.45. The lowest BCUT2D eigenvalue weighted by Gasteiger charge is -2.14. The van der Waals surface area contributed by atoms with Gasteiger partial charge in [0.25, 0.3) is 10.0 Å². The van der Waals surface area contributed by atoms with Gasteiger partial charge in [0.15, 0.2) is 0 Å². The standard InChI is InChI=1S/C17H17ClFNO5S/c1-23-13-10-16(24-2)15(17(11-13)25-3)8-9-20(19)26(21,22)14-6-4-12(18)5-7-14/h4-11H,1-3H3. The number of sulfonamides is 1. The lowest BCUT2D eigenvalue weighted by molar-refractivity contribution is 0.209. The summed E-state index contributed by atoms with van der Waals surface area (Å²) in [6.07, 6.45) is 1.99. The van der Waals surface area contributed by atoms with Crippen LogP contribution in [0.2, 0.25) is 5.02 Å². The van der Waals surface area contributed by atoms with E-state index in [9.17, 15) is 12.9 Å². The highest BCUT2D eigenvalue weighted by Gasteiger charge is 2.22. The van der Waals surface area contributed by atoms with E-state index in [4.69, 9.17) is 25.8 Å². The minimum atomic E-state index is -4.36. The van der Waals surface area contributed by atoms with E-state index in [1.807, 2.05) is 0 Å². The highest BCUT2D eigenvalue weighted by atomic mass is 35.5. The molecule has 0 aliphatic rings. The zero-order valence-corrected chi connectivity index (χ0v) is 15.8. The molecule has 26 heavy (non-hydrogen) atoms. The topological polar surface area (TPSA) is 65.1 Å². The molecule has 0 N–H and O–H groups in total. The highest BCUT2D eigenvalue weighted by Crippen LogP contribution is 2.35. The molecule has 0 aliphatic heterocycles. The SMILES string of the molecule is COc1cc(OC)c(C=CN(F)S(=O)(=O)c2ccc(Cl)cc2)c(OC)c1. The van der Waals surface area contributed by atoms with E-state index in [-0.39, 0.29) is 9.42 Å². The molecule has 0 aromatic heterocycles. The fraction of sp³-hybridized carbons (Fsp3) is 0.176. The molecular formula is C17H17ClFNO5S. The van der Waals surface area contributed by atoms with Crippen molar-refractivity contribution in [1.82, 2.24) is 4.53 Å². The Kier molecular flexibility index (Phi) is 6.33. The van der Waals surface area contributed by atoms with Crippen molar-refractivity contribution in [3.63, 3.8) is 0 Å². The summed E-state index contributed by atoms with van der Waals surface area (Å²) in [5, 5.41) is 0.345. The predicted molar refractivity (Wildman–Crippen MR) is 96.7 cm³/mol. The molecular weight excluding hydrogens is 385 g/mol. The maximum atomic E-state index is 14.3. The zero-order valence-electron chi connectivity index (χ0n) is 14.3. The third-order valence-electron chi connectivity index (χ3n) is 3.45. The van der Waals surface area contributed by atoms with Gasteiger partial charge in [0, 0.05) is 17.2 Å². The number of hydrogen-bond acceptors (Lipinski definition) is 5. The van der Waals surface area contributed by atoms with Gasteiger partial charge >= 0.3 is 0 Å². The third-order valence-corrected chi connectivity index (χ3v) is 5.15. The van der Waals surface area contributed by atoms with Gasteiger partial charge in [-0.25, -0.2) is 0 Å². The van der Waals surface area contributed by atoms with Crippen molar-refractivity contribution in [1.29, 1.82) is 0 Å². The molecule has 9 heteroatoms. The average molecular weight is 402 g/mol. The van der Waals surface area contributed by atoms with Crippen molar-refractivity contribution in [3.05, 3.63) is 53.2 Å². The lowest BCUT2D eigenvalue weighted by atomic mass is 10.1. The number of methoxy groups -OCH3 is 3. The van der Waals surface area contributed by atoms with Gasteiger partial charge in [-0.1, -0.05) is 16.1 Å². The molecule has 0 spiro atoms. The summed E-state index contributed by atoms with van der Waals surface area (Å²) in [4.78, 5) is -0.234. The summed E-state index contributed by atoms with van der Waals surface area (Å²) in [7, 11) is -0.0454. The van der Waals surface area contributed by atoms with Crippen molar-refractivity contribution >= 4 is 27.7 Å². The first-order valence-electron chi connectivity index (χ1n) is 7.27. The van der Waals surface area contributed by atoms with Crippen LogP contribution in [-0.2, 0) is 10.0 Å². The van der Waals surface area contributed by atoms with E-state index < -0.39 is 10.0 Å². The van der Waals surface area contributed by atoms with Crippen molar-refractivity contribution in [3.8, 4) is 17.2 Å². The van der Waals surface area contributed by atoms with E-state index >= 15 is 0 Å². The summed E-state index contributed by atoms with van der Waals surface area (Å²) in [6, 6.07) is 8.29. The van der Waals surface area contributed by atoms with Crippen molar-refractivity contribution in [2.75, 3.05) is 21.3 Å². The van der Waals surface area contributed by atoms with Crippen LogP contribution in [0.1, 0.15) is 5.56 Å². The minimum Gasteiger partial charge on any atom is -0.496 e. The Bertz CT molecular complexity index is 875. The fourth-order valence-corrected chi connectivity index (χ4v) is 3.15. The molecule has 6 nitrogen and oxygen atoms in total. The van der Waals surface area contributed by atoms with Crippen molar-refractivity contribution in [2.45, 2.75) is 4.90 Å². The Morgan fingerprint density at radius 3 is 2.00 bits per heavy atom. The number of ether oxygens (including phenoxy) is 3. The molecule has 0 saturated heterocycles. The van der Waals surface area contributed by atoms with Crippen LogP contribution in [0.5, 0.6) is 17.2 Å². The molecule has 0 unspecified atom stereocenters. The highest BCUT2D eigenvalue weighted by molar-refractivity contribution is 7.89. The minimum absolute atomic E-state index is 0.234. The maximum absolute atomic E-state index is 14.3. The number of hydrogen-bond donors (Lipinski definition) is 0. The van der Waals surface area contributed by atoms with Crippen LogP contribution in [-0.4, -0.2) is 34.3 Å². The summed E-state index contributed by atoms with van der Waals surface area (Å²) in [6.45, 7) is 0. The number of benzene rings is 2. The van der Waals surface area contributed by atoms with E-state index in [0.29, 0.717) is 27.8 Å². The van der Waals surface area contributed by atoms with Gasteiger partial charge in [0.05, 0.1) is 38.0 Å². The van der Waals surface area contributed by atoms with E-state index in [1.54, 1.807) is 12.1 Å². The molecule has 2 rings (SSSR count). The quantitative estimate of drug-likeness (QED) is 0.658. The Morgan fingerprint density at radius 1 is 1.00 bits per heavy atom. The molecule has 0 fully saturated rings. The van der Waals surface area contributed by atoms with Gasteiger partial charge in [-0.2, -0.15) is 8.42 Å². The molecule has 0 bridgehead atoms. The first-order valence-corrected chi connectivity index (χ1v) is 9.09. The number of nitrogens with zero attached hydrogens (tertiary/aromatic N) is 1. The first-order chi connectivity index (χ1) is 12.3. The summed E-state index contributed by atoms with van der Waals surface area (Å²) in [5.74, 6) is 1.13. The molecule has 140 valence electrons. The molecule has 0 amide bonds. The van der Waals surface area contributed by atoms with Crippen LogP contribution in [0, 0.1) is 0 Å². The monoisotopic (exact) mass is 401 g/mol. The second kappa shape index (κ2) is 8.29. The normalized spacial score (nSPS) is 11.4. The molecule has 2 aromatic rings. The van der Waals surface area contributed by atoms with Crippen LogP contribution in [0.3, 0.4) is 0 Å².